The van der Waals surface area contributed by atoms with Gasteiger partial charge in [-0.3, -0.25) is 9.88 Å². The zero-order chi connectivity index (χ0) is 18.6. The van der Waals surface area contributed by atoms with Crippen molar-refractivity contribution in [1.29, 1.82) is 0 Å². The van der Waals surface area contributed by atoms with Crippen LogP contribution in [0.25, 0.3) is 10.9 Å². The van der Waals surface area contributed by atoms with Gasteiger partial charge in [-0.25, -0.2) is 9.18 Å². The van der Waals surface area contributed by atoms with Gasteiger partial charge in [-0.05, 0) is 23.8 Å². The number of carbonyl (C=O) groups excluding carboxylic acids is 1. The van der Waals surface area contributed by atoms with Crippen molar-refractivity contribution in [2.75, 3.05) is 31.5 Å². The quantitative estimate of drug-likeness (QED) is 0.770. The Morgan fingerprint density at radius 1 is 1.00 bits per heavy atom. The second-order valence-electron chi connectivity index (χ2n) is 6.67. The molecule has 4 rings (SSSR count). The van der Waals surface area contributed by atoms with Crippen LogP contribution in [0.15, 0.2) is 60.8 Å². The largest absolute Gasteiger partial charge is 0.322 e. The highest BCUT2D eigenvalue weighted by Crippen LogP contribution is 2.19. The van der Waals surface area contributed by atoms with Crippen LogP contribution in [-0.2, 0) is 6.54 Å². The van der Waals surface area contributed by atoms with E-state index in [1.807, 2.05) is 12.3 Å². The fourth-order valence-electron chi connectivity index (χ4n) is 3.40. The van der Waals surface area contributed by atoms with Crippen molar-refractivity contribution in [3.8, 4) is 0 Å². The second-order valence-corrected chi connectivity index (χ2v) is 6.67. The number of halogens is 1. The predicted octanol–water partition coefficient (Wildman–Crippen LogP) is 3.72. The molecular formula is C21H21FN4O. The molecule has 2 amide bonds. The second kappa shape index (κ2) is 7.72. The highest BCUT2D eigenvalue weighted by molar-refractivity contribution is 5.89. The lowest BCUT2D eigenvalue weighted by molar-refractivity contribution is 0.143. The van der Waals surface area contributed by atoms with Crippen LogP contribution in [-0.4, -0.2) is 47.0 Å². The number of benzene rings is 2. The van der Waals surface area contributed by atoms with E-state index < -0.39 is 5.82 Å². The average Bonchev–Trinajstić information content (AvgIpc) is 2.70. The molecule has 1 aromatic heterocycles. The number of fused-ring (bicyclic) bond motifs is 1. The Bertz CT molecular complexity index is 948. The van der Waals surface area contributed by atoms with Gasteiger partial charge in [0.2, 0.25) is 0 Å². The number of hydrogen-bond acceptors (Lipinski definition) is 3. The number of nitrogens with one attached hydrogen (secondary N) is 1. The number of carbonyl (C=O) groups is 1. The van der Waals surface area contributed by atoms with Crippen molar-refractivity contribution in [3.63, 3.8) is 0 Å². The molecule has 0 spiro atoms. The van der Waals surface area contributed by atoms with Gasteiger partial charge < -0.3 is 10.2 Å². The van der Waals surface area contributed by atoms with E-state index in [0.717, 1.165) is 30.5 Å². The minimum absolute atomic E-state index is 0.215. The number of urea groups is 1. The molecule has 2 aromatic carbocycles. The van der Waals surface area contributed by atoms with Gasteiger partial charge in [-0.1, -0.05) is 36.4 Å². The van der Waals surface area contributed by atoms with Crippen LogP contribution in [0.4, 0.5) is 14.9 Å². The summed E-state index contributed by atoms with van der Waals surface area (Å²) in [6.07, 6.45) is 1.82. The molecule has 27 heavy (non-hydrogen) atoms. The summed E-state index contributed by atoms with van der Waals surface area (Å²) in [5, 5.41) is 3.79. The number of piperazine rings is 1. The number of anilines is 1. The number of aromatic nitrogens is 1. The molecule has 0 saturated carbocycles. The summed E-state index contributed by atoms with van der Waals surface area (Å²) in [6.45, 7) is 3.57. The van der Waals surface area contributed by atoms with Crippen molar-refractivity contribution < 1.29 is 9.18 Å². The van der Waals surface area contributed by atoms with Crippen LogP contribution >= 0.6 is 0 Å². The van der Waals surface area contributed by atoms with Crippen molar-refractivity contribution in [3.05, 3.63) is 72.2 Å². The summed E-state index contributed by atoms with van der Waals surface area (Å²) in [5.41, 5.74) is 2.43. The number of nitrogens with zero attached hydrogens (tertiary/aromatic N) is 3. The lowest BCUT2D eigenvalue weighted by Gasteiger charge is -2.34. The number of para-hydroxylation sites is 2. The van der Waals surface area contributed by atoms with Crippen molar-refractivity contribution in [2.24, 2.45) is 0 Å². The van der Waals surface area contributed by atoms with Crippen LogP contribution in [0.5, 0.6) is 0 Å². The number of amides is 2. The van der Waals surface area contributed by atoms with Gasteiger partial charge in [-0.15, -0.1) is 0 Å². The summed E-state index contributed by atoms with van der Waals surface area (Å²) in [4.78, 5) is 20.9. The smallest absolute Gasteiger partial charge is 0.322 e. The van der Waals surface area contributed by atoms with Crippen molar-refractivity contribution in [1.82, 2.24) is 14.8 Å². The Balaban J connectivity index is 1.36. The molecule has 0 unspecified atom stereocenters. The minimum atomic E-state index is -0.423. The molecule has 1 aliphatic heterocycles. The molecule has 3 aromatic rings. The first kappa shape index (κ1) is 17.4. The SMILES string of the molecule is O=C(Nc1ccccc1F)N1CCN(Cc2cccc3cccnc23)CC1. The molecule has 1 aliphatic rings. The normalized spacial score (nSPS) is 15.1. The van der Waals surface area contributed by atoms with E-state index in [-0.39, 0.29) is 11.7 Å². The minimum Gasteiger partial charge on any atom is -0.322 e. The molecular weight excluding hydrogens is 343 g/mol. The average molecular weight is 364 g/mol. The highest BCUT2D eigenvalue weighted by Gasteiger charge is 2.22. The van der Waals surface area contributed by atoms with Gasteiger partial charge in [0.1, 0.15) is 5.82 Å². The van der Waals surface area contributed by atoms with Gasteiger partial charge in [0.15, 0.2) is 0 Å². The van der Waals surface area contributed by atoms with E-state index in [1.54, 1.807) is 23.1 Å². The Hall–Kier alpha value is -2.99. The van der Waals surface area contributed by atoms with E-state index in [1.165, 1.54) is 11.6 Å². The highest BCUT2D eigenvalue weighted by atomic mass is 19.1. The Morgan fingerprint density at radius 2 is 1.78 bits per heavy atom. The van der Waals surface area contributed by atoms with Gasteiger partial charge in [0.25, 0.3) is 0 Å². The van der Waals surface area contributed by atoms with E-state index in [2.05, 4.69) is 39.5 Å². The van der Waals surface area contributed by atoms with E-state index in [9.17, 15) is 9.18 Å². The van der Waals surface area contributed by atoms with Crippen LogP contribution in [0.1, 0.15) is 5.56 Å². The van der Waals surface area contributed by atoms with Crippen LogP contribution < -0.4 is 5.32 Å². The van der Waals surface area contributed by atoms with Gasteiger partial charge in [-0.2, -0.15) is 0 Å². The molecule has 0 radical (unpaired) electrons. The third-order valence-corrected chi connectivity index (χ3v) is 4.89. The monoisotopic (exact) mass is 364 g/mol. The van der Waals surface area contributed by atoms with Gasteiger partial charge >= 0.3 is 6.03 Å². The van der Waals surface area contributed by atoms with E-state index >= 15 is 0 Å². The molecule has 1 saturated heterocycles. The maximum Gasteiger partial charge on any atom is 0.322 e. The number of rotatable bonds is 3. The first-order valence-electron chi connectivity index (χ1n) is 9.06. The van der Waals surface area contributed by atoms with E-state index in [0.29, 0.717) is 13.1 Å². The maximum atomic E-state index is 13.7. The molecule has 1 fully saturated rings. The zero-order valence-corrected chi connectivity index (χ0v) is 14.9. The Labute approximate surface area is 157 Å². The molecule has 0 aliphatic carbocycles. The van der Waals surface area contributed by atoms with Crippen molar-refractivity contribution in [2.45, 2.75) is 6.54 Å². The topological polar surface area (TPSA) is 48.5 Å². The molecule has 0 atom stereocenters. The molecule has 1 N–H and O–H groups in total. The molecule has 6 heteroatoms. The first-order valence-corrected chi connectivity index (χ1v) is 9.06. The number of hydrogen-bond donors (Lipinski definition) is 1. The standard InChI is InChI=1S/C21H21FN4O/c22-18-8-1-2-9-19(18)24-21(27)26-13-11-25(12-14-26)15-17-6-3-5-16-7-4-10-23-20(16)17/h1-10H,11-15H2,(H,24,27). The van der Waals surface area contributed by atoms with Crippen molar-refractivity contribution >= 4 is 22.6 Å². The Kier molecular flexibility index (Phi) is 4.98. The van der Waals surface area contributed by atoms with Crippen LogP contribution in [0.3, 0.4) is 0 Å². The van der Waals surface area contributed by atoms with Crippen LogP contribution in [0, 0.1) is 5.82 Å². The van der Waals surface area contributed by atoms with E-state index in [4.69, 9.17) is 0 Å². The summed E-state index contributed by atoms with van der Waals surface area (Å²) in [6, 6.07) is 16.2. The van der Waals surface area contributed by atoms with Crippen LogP contribution in [0.2, 0.25) is 0 Å². The molecule has 138 valence electrons. The third kappa shape index (κ3) is 3.90. The summed E-state index contributed by atoms with van der Waals surface area (Å²) in [5.74, 6) is -0.423. The van der Waals surface area contributed by atoms with Gasteiger partial charge in [0, 0.05) is 44.3 Å². The van der Waals surface area contributed by atoms with Gasteiger partial charge in [0.05, 0.1) is 11.2 Å². The summed E-state index contributed by atoms with van der Waals surface area (Å²) >= 11 is 0. The summed E-state index contributed by atoms with van der Waals surface area (Å²) < 4.78 is 13.7. The lowest BCUT2D eigenvalue weighted by Crippen LogP contribution is -2.49. The lowest BCUT2D eigenvalue weighted by atomic mass is 10.1. The predicted molar refractivity (Wildman–Crippen MR) is 104 cm³/mol. The fourth-order valence-corrected chi connectivity index (χ4v) is 3.40. The zero-order valence-electron chi connectivity index (χ0n) is 14.9. The summed E-state index contributed by atoms with van der Waals surface area (Å²) in [7, 11) is 0. The third-order valence-electron chi connectivity index (χ3n) is 4.89. The molecule has 5 nitrogen and oxygen atoms in total. The fraction of sp³-hybridized carbons (Fsp3) is 0.238. The Morgan fingerprint density at radius 3 is 2.59 bits per heavy atom. The molecule has 2 heterocycles. The number of pyridine rings is 1. The first-order chi connectivity index (χ1) is 13.2. The molecule has 0 bridgehead atoms. The maximum absolute atomic E-state index is 13.7.